The summed E-state index contributed by atoms with van der Waals surface area (Å²) < 4.78 is 0. The van der Waals surface area contributed by atoms with Crippen molar-refractivity contribution in [3.63, 3.8) is 0 Å². The van der Waals surface area contributed by atoms with Crippen LogP contribution in [0.3, 0.4) is 0 Å². The molecule has 1 aromatic rings. The molecule has 0 aromatic heterocycles. The van der Waals surface area contributed by atoms with E-state index in [9.17, 15) is 10.2 Å². The van der Waals surface area contributed by atoms with Gasteiger partial charge in [-0.2, -0.15) is 0 Å². The van der Waals surface area contributed by atoms with Gasteiger partial charge < -0.3 is 10.2 Å². The van der Waals surface area contributed by atoms with Gasteiger partial charge in [-0.1, -0.05) is 19.1 Å². The van der Waals surface area contributed by atoms with Crippen LogP contribution in [0.1, 0.15) is 26.3 Å². The monoisotopic (exact) mass is 223 g/mol. The van der Waals surface area contributed by atoms with Crippen molar-refractivity contribution in [1.29, 1.82) is 0 Å². The fourth-order valence-corrected chi connectivity index (χ4v) is 1.74. The maximum absolute atomic E-state index is 9.76. The molecule has 0 spiro atoms. The van der Waals surface area contributed by atoms with Crippen molar-refractivity contribution in [3.8, 4) is 5.75 Å². The third kappa shape index (κ3) is 4.64. The number of nitrogens with zero attached hydrogens (tertiary/aromatic N) is 1. The molecule has 0 saturated heterocycles. The lowest BCUT2D eigenvalue weighted by Crippen LogP contribution is -2.38. The molecule has 0 atom stereocenters. The average Bonchev–Trinajstić information content (AvgIpc) is 2.14. The molecule has 0 fully saturated rings. The highest BCUT2D eigenvalue weighted by molar-refractivity contribution is 5.26. The van der Waals surface area contributed by atoms with Crippen LogP contribution < -0.4 is 0 Å². The number of phenolic OH excluding ortho intramolecular Hbond substituents is 1. The Morgan fingerprint density at radius 2 is 2.00 bits per heavy atom. The molecule has 2 N–H and O–H groups in total. The van der Waals surface area contributed by atoms with E-state index in [1.54, 1.807) is 26.0 Å². The predicted octanol–water partition coefficient (Wildman–Crippen LogP) is 1.98. The highest BCUT2D eigenvalue weighted by atomic mass is 16.3. The minimum Gasteiger partial charge on any atom is -0.508 e. The normalized spacial score (nSPS) is 12.1. The lowest BCUT2D eigenvalue weighted by molar-refractivity contribution is 0.0353. The van der Waals surface area contributed by atoms with Crippen LogP contribution in [0.15, 0.2) is 24.3 Å². The van der Waals surface area contributed by atoms with Crippen LogP contribution in [0.5, 0.6) is 5.75 Å². The summed E-state index contributed by atoms with van der Waals surface area (Å²) in [7, 11) is 0. The number of likely N-dealkylation sites (N-methyl/N-ethyl adjacent to an activating group) is 1. The summed E-state index contributed by atoms with van der Waals surface area (Å²) in [4.78, 5) is 2.15. The molecule has 0 aliphatic carbocycles. The van der Waals surface area contributed by atoms with Gasteiger partial charge in [0, 0.05) is 13.1 Å². The van der Waals surface area contributed by atoms with Crippen molar-refractivity contribution in [1.82, 2.24) is 4.90 Å². The molecule has 90 valence electrons. The number of aliphatic hydroxyl groups is 1. The fourth-order valence-electron chi connectivity index (χ4n) is 1.74. The molecule has 0 unspecified atom stereocenters. The summed E-state index contributed by atoms with van der Waals surface area (Å²) in [5.41, 5.74) is 0.374. The van der Waals surface area contributed by atoms with Crippen molar-refractivity contribution in [3.05, 3.63) is 29.8 Å². The molecule has 0 heterocycles. The van der Waals surface area contributed by atoms with Crippen LogP contribution in [0.25, 0.3) is 0 Å². The molecule has 16 heavy (non-hydrogen) atoms. The lowest BCUT2D eigenvalue weighted by Gasteiger charge is -2.27. The SMILES string of the molecule is CCN(Cc1cccc(O)c1)CC(C)(C)O. The van der Waals surface area contributed by atoms with Crippen molar-refractivity contribution >= 4 is 0 Å². The van der Waals surface area contributed by atoms with Gasteiger partial charge in [0.15, 0.2) is 0 Å². The Bertz CT molecular complexity index is 331. The van der Waals surface area contributed by atoms with E-state index in [1.807, 2.05) is 12.1 Å². The minimum atomic E-state index is -0.688. The molecule has 0 aliphatic rings. The van der Waals surface area contributed by atoms with Crippen LogP contribution in [0.2, 0.25) is 0 Å². The molecule has 0 aliphatic heterocycles. The Balaban J connectivity index is 2.63. The van der Waals surface area contributed by atoms with Crippen molar-refractivity contribution in [2.75, 3.05) is 13.1 Å². The molecule has 1 rings (SSSR count). The first-order valence-electron chi connectivity index (χ1n) is 5.63. The average molecular weight is 223 g/mol. The van der Waals surface area contributed by atoms with E-state index in [-0.39, 0.29) is 5.75 Å². The zero-order chi connectivity index (χ0) is 12.2. The van der Waals surface area contributed by atoms with Gasteiger partial charge in [-0.3, -0.25) is 4.90 Å². The van der Waals surface area contributed by atoms with Crippen LogP contribution >= 0.6 is 0 Å². The van der Waals surface area contributed by atoms with Crippen LogP contribution in [0.4, 0.5) is 0 Å². The van der Waals surface area contributed by atoms with Crippen LogP contribution in [0, 0.1) is 0 Å². The molecule has 3 nitrogen and oxygen atoms in total. The van der Waals surface area contributed by atoms with E-state index in [1.165, 1.54) is 0 Å². The third-order valence-corrected chi connectivity index (χ3v) is 2.37. The molecule has 0 saturated carbocycles. The van der Waals surface area contributed by atoms with E-state index in [0.717, 1.165) is 18.7 Å². The molecule has 3 heteroatoms. The maximum atomic E-state index is 9.76. The van der Waals surface area contributed by atoms with E-state index in [0.29, 0.717) is 6.54 Å². The van der Waals surface area contributed by atoms with Gasteiger partial charge in [-0.25, -0.2) is 0 Å². The Hall–Kier alpha value is -1.06. The van der Waals surface area contributed by atoms with Crippen molar-refractivity contribution < 1.29 is 10.2 Å². The second-order valence-electron chi connectivity index (χ2n) is 4.79. The molecule has 0 radical (unpaired) electrons. The predicted molar refractivity (Wildman–Crippen MR) is 65.4 cm³/mol. The summed E-state index contributed by atoms with van der Waals surface area (Å²) in [6.07, 6.45) is 0. The standard InChI is InChI=1S/C13H21NO2/c1-4-14(10-13(2,3)16)9-11-6-5-7-12(15)8-11/h5-8,15-16H,4,9-10H2,1-3H3. The molecule has 0 amide bonds. The Kier molecular flexibility index (Phi) is 4.33. The highest BCUT2D eigenvalue weighted by Crippen LogP contribution is 2.14. The Morgan fingerprint density at radius 3 is 2.50 bits per heavy atom. The topological polar surface area (TPSA) is 43.7 Å². The fraction of sp³-hybridized carbons (Fsp3) is 0.538. The van der Waals surface area contributed by atoms with Crippen molar-refractivity contribution in [2.45, 2.75) is 32.9 Å². The van der Waals surface area contributed by atoms with Gasteiger partial charge in [0.2, 0.25) is 0 Å². The largest absolute Gasteiger partial charge is 0.508 e. The number of benzene rings is 1. The van der Waals surface area contributed by atoms with E-state index < -0.39 is 5.60 Å². The highest BCUT2D eigenvalue weighted by Gasteiger charge is 2.17. The summed E-state index contributed by atoms with van der Waals surface area (Å²) in [5, 5.41) is 19.1. The minimum absolute atomic E-state index is 0.289. The quantitative estimate of drug-likeness (QED) is 0.802. The van der Waals surface area contributed by atoms with Crippen LogP contribution in [-0.2, 0) is 6.54 Å². The number of rotatable bonds is 5. The van der Waals surface area contributed by atoms with E-state index in [4.69, 9.17) is 0 Å². The molecule has 1 aromatic carbocycles. The Labute approximate surface area is 97.3 Å². The van der Waals surface area contributed by atoms with Gasteiger partial charge >= 0.3 is 0 Å². The van der Waals surface area contributed by atoms with E-state index >= 15 is 0 Å². The number of phenols is 1. The number of hydrogen-bond donors (Lipinski definition) is 2. The zero-order valence-electron chi connectivity index (χ0n) is 10.3. The number of aromatic hydroxyl groups is 1. The van der Waals surface area contributed by atoms with Gasteiger partial charge in [0.25, 0.3) is 0 Å². The molecule has 0 bridgehead atoms. The zero-order valence-corrected chi connectivity index (χ0v) is 10.3. The summed E-state index contributed by atoms with van der Waals surface area (Å²) in [6.45, 7) is 7.92. The Morgan fingerprint density at radius 1 is 1.31 bits per heavy atom. The smallest absolute Gasteiger partial charge is 0.115 e. The van der Waals surface area contributed by atoms with Crippen molar-refractivity contribution in [2.24, 2.45) is 0 Å². The van der Waals surface area contributed by atoms with Gasteiger partial charge in [-0.05, 0) is 38.1 Å². The van der Waals surface area contributed by atoms with Gasteiger partial charge in [0.05, 0.1) is 5.60 Å². The summed E-state index contributed by atoms with van der Waals surface area (Å²) >= 11 is 0. The lowest BCUT2D eigenvalue weighted by atomic mass is 10.1. The third-order valence-electron chi connectivity index (χ3n) is 2.37. The second kappa shape index (κ2) is 5.32. The van der Waals surface area contributed by atoms with E-state index in [2.05, 4.69) is 11.8 Å². The first-order chi connectivity index (χ1) is 7.40. The number of hydrogen-bond acceptors (Lipinski definition) is 3. The second-order valence-corrected chi connectivity index (χ2v) is 4.79. The van der Waals surface area contributed by atoms with Crippen LogP contribution in [-0.4, -0.2) is 33.8 Å². The molecular weight excluding hydrogens is 202 g/mol. The summed E-state index contributed by atoms with van der Waals surface area (Å²) in [6, 6.07) is 7.23. The van der Waals surface area contributed by atoms with Gasteiger partial charge in [-0.15, -0.1) is 0 Å². The van der Waals surface area contributed by atoms with Gasteiger partial charge in [0.1, 0.15) is 5.75 Å². The first kappa shape index (κ1) is 13.0. The summed E-state index contributed by atoms with van der Waals surface area (Å²) in [5.74, 6) is 0.289. The first-order valence-corrected chi connectivity index (χ1v) is 5.63. The molecular formula is C13H21NO2. The maximum Gasteiger partial charge on any atom is 0.115 e.